The van der Waals surface area contributed by atoms with Crippen molar-refractivity contribution in [2.45, 2.75) is 37.8 Å². The molecule has 3 fully saturated rings. The van der Waals surface area contributed by atoms with Crippen LogP contribution in [0.2, 0.25) is 0 Å². The molecule has 3 saturated heterocycles. The molecule has 2 aromatic carbocycles. The van der Waals surface area contributed by atoms with Gasteiger partial charge in [0.25, 0.3) is 0 Å². The summed E-state index contributed by atoms with van der Waals surface area (Å²) in [6, 6.07) is 13.2. The minimum atomic E-state index is -1.11. The molecule has 1 spiro atoms. The van der Waals surface area contributed by atoms with Gasteiger partial charge in [-0.3, -0.25) is 19.3 Å². The summed E-state index contributed by atoms with van der Waals surface area (Å²) in [5.41, 5.74) is 2.18. The Morgan fingerprint density at radius 3 is 2.74 bits per heavy atom. The van der Waals surface area contributed by atoms with Gasteiger partial charge in [0.2, 0.25) is 17.7 Å². The van der Waals surface area contributed by atoms with Crippen LogP contribution in [0.5, 0.6) is 0 Å². The van der Waals surface area contributed by atoms with Crippen molar-refractivity contribution in [2.75, 3.05) is 16.8 Å². The molecule has 0 saturated carbocycles. The molecule has 0 aromatic heterocycles. The molecule has 0 radical (unpaired) electrons. The number of halogens is 1. The minimum absolute atomic E-state index is 0.0967. The first kappa shape index (κ1) is 19.2. The van der Waals surface area contributed by atoms with E-state index in [1.807, 2.05) is 24.3 Å². The highest BCUT2D eigenvalue weighted by atomic mass is 79.9. The van der Waals surface area contributed by atoms with Crippen LogP contribution in [0, 0.1) is 11.8 Å². The van der Waals surface area contributed by atoms with Crippen LogP contribution in [0.3, 0.4) is 0 Å². The second-order valence-electron chi connectivity index (χ2n) is 8.85. The predicted octanol–water partition coefficient (Wildman–Crippen LogP) is 3.44. The second-order valence-corrected chi connectivity index (χ2v) is 9.77. The normalized spacial score (nSPS) is 31.4. The first-order chi connectivity index (χ1) is 15.0. The Morgan fingerprint density at radius 2 is 1.97 bits per heavy atom. The zero-order chi connectivity index (χ0) is 21.5. The monoisotopic (exact) mass is 479 g/mol. The topological polar surface area (TPSA) is 69.7 Å². The number of nitrogens with one attached hydrogen (secondary N) is 1. The maximum absolute atomic E-state index is 13.9. The Kier molecular flexibility index (Phi) is 4.02. The van der Waals surface area contributed by atoms with Gasteiger partial charge in [-0.05, 0) is 55.6 Å². The number of imide groups is 1. The highest BCUT2D eigenvalue weighted by Crippen LogP contribution is 2.60. The fourth-order valence-electron chi connectivity index (χ4n) is 6.34. The van der Waals surface area contributed by atoms with Crippen molar-refractivity contribution in [3.8, 4) is 0 Å². The molecule has 31 heavy (non-hydrogen) atoms. The highest BCUT2D eigenvalue weighted by Gasteiger charge is 2.74. The summed E-state index contributed by atoms with van der Waals surface area (Å²) < 4.78 is 0.802. The van der Waals surface area contributed by atoms with Crippen LogP contribution >= 0.6 is 15.9 Å². The summed E-state index contributed by atoms with van der Waals surface area (Å²) in [6.07, 6.45) is 2.58. The number of hydrogen-bond acceptors (Lipinski definition) is 4. The Labute approximate surface area is 188 Å². The molecule has 4 aliphatic rings. The Balaban J connectivity index is 1.56. The number of carbonyl (C=O) groups excluding carboxylic acids is 3. The molecular formula is C24H22BrN3O3. The van der Waals surface area contributed by atoms with Crippen LogP contribution in [0.15, 0.2) is 46.9 Å². The molecule has 4 heterocycles. The van der Waals surface area contributed by atoms with Crippen LogP contribution in [0.1, 0.15) is 30.9 Å². The van der Waals surface area contributed by atoms with Crippen LogP contribution in [0.4, 0.5) is 11.4 Å². The fourth-order valence-corrected chi connectivity index (χ4v) is 6.73. The van der Waals surface area contributed by atoms with Gasteiger partial charge in [0.15, 0.2) is 0 Å². The Hall–Kier alpha value is -2.51. The molecule has 4 unspecified atom stereocenters. The number of hydrogen-bond donors (Lipinski definition) is 1. The largest absolute Gasteiger partial charge is 0.324 e. The summed E-state index contributed by atoms with van der Waals surface area (Å²) in [5.74, 6) is -1.84. The zero-order valence-electron chi connectivity index (χ0n) is 17.1. The number of aryl methyl sites for hydroxylation is 1. The van der Waals surface area contributed by atoms with Gasteiger partial charge in [0.05, 0.1) is 17.5 Å². The lowest BCUT2D eigenvalue weighted by Crippen LogP contribution is -2.54. The van der Waals surface area contributed by atoms with Crippen LogP contribution in [0.25, 0.3) is 0 Å². The maximum atomic E-state index is 13.9. The second kappa shape index (κ2) is 6.50. The van der Waals surface area contributed by atoms with E-state index in [9.17, 15) is 14.4 Å². The lowest BCUT2D eigenvalue weighted by molar-refractivity contribution is -0.135. The quantitative estimate of drug-likeness (QED) is 0.669. The standard InChI is InChI=1S/C24H22BrN3O3/c1-2-13-8-9-17-16(11-13)24(23(31)26-17)20-19(18-7-4-10-27(18)24)21(29)28(22(20)30)15-6-3-5-14(25)12-15/h3,5-6,8-9,11-12,18-20H,2,4,7,10H2,1H3,(H,26,31). The van der Waals surface area contributed by atoms with E-state index < -0.39 is 17.4 Å². The third-order valence-corrected chi connectivity index (χ3v) is 8.02. The fraction of sp³-hybridized carbons (Fsp3) is 0.375. The lowest BCUT2D eigenvalue weighted by Gasteiger charge is -2.36. The molecule has 7 heteroatoms. The van der Waals surface area contributed by atoms with E-state index in [1.165, 1.54) is 4.90 Å². The summed E-state index contributed by atoms with van der Waals surface area (Å²) >= 11 is 3.44. The molecule has 0 bridgehead atoms. The van der Waals surface area contributed by atoms with Gasteiger partial charge < -0.3 is 5.32 Å². The van der Waals surface area contributed by atoms with Gasteiger partial charge in [-0.15, -0.1) is 0 Å². The number of amides is 3. The van der Waals surface area contributed by atoms with Gasteiger partial charge in [0, 0.05) is 21.8 Å². The number of anilines is 2. The molecule has 2 aromatic rings. The molecule has 6 rings (SSSR count). The van der Waals surface area contributed by atoms with E-state index in [0.29, 0.717) is 5.69 Å². The maximum Gasteiger partial charge on any atom is 0.250 e. The van der Waals surface area contributed by atoms with Gasteiger partial charge in [-0.2, -0.15) is 0 Å². The third-order valence-electron chi connectivity index (χ3n) is 7.53. The molecule has 3 amide bonds. The SMILES string of the molecule is CCc1ccc2c(c1)C1(C(=O)N2)C2C(=O)N(c3cccc(Br)c3)C(=O)C2C2CCCN21. The van der Waals surface area contributed by atoms with Crippen molar-refractivity contribution >= 4 is 45.0 Å². The number of fused-ring (bicyclic) bond motifs is 7. The van der Waals surface area contributed by atoms with E-state index in [1.54, 1.807) is 12.1 Å². The van der Waals surface area contributed by atoms with Crippen LogP contribution in [-0.4, -0.2) is 35.2 Å². The predicted molar refractivity (Wildman–Crippen MR) is 119 cm³/mol. The number of carbonyl (C=O) groups is 3. The van der Waals surface area contributed by atoms with E-state index in [-0.39, 0.29) is 23.8 Å². The van der Waals surface area contributed by atoms with E-state index in [4.69, 9.17) is 0 Å². The molecule has 158 valence electrons. The van der Waals surface area contributed by atoms with Crippen LogP contribution < -0.4 is 10.2 Å². The van der Waals surface area contributed by atoms with Gasteiger partial charge >= 0.3 is 0 Å². The van der Waals surface area contributed by atoms with Crippen molar-refractivity contribution in [3.63, 3.8) is 0 Å². The van der Waals surface area contributed by atoms with Gasteiger partial charge in [-0.1, -0.05) is 41.1 Å². The molecule has 4 atom stereocenters. The summed E-state index contributed by atoms with van der Waals surface area (Å²) in [6.45, 7) is 2.80. The first-order valence-electron chi connectivity index (χ1n) is 10.8. The molecule has 1 N–H and O–H groups in total. The van der Waals surface area contributed by atoms with E-state index >= 15 is 0 Å². The minimum Gasteiger partial charge on any atom is -0.324 e. The molecular weight excluding hydrogens is 458 g/mol. The molecule has 0 aliphatic carbocycles. The van der Waals surface area contributed by atoms with Crippen molar-refractivity contribution in [3.05, 3.63) is 58.1 Å². The van der Waals surface area contributed by atoms with Gasteiger partial charge in [-0.25, -0.2) is 4.90 Å². The Morgan fingerprint density at radius 1 is 1.13 bits per heavy atom. The van der Waals surface area contributed by atoms with Crippen LogP contribution in [-0.2, 0) is 26.3 Å². The number of rotatable bonds is 2. The zero-order valence-corrected chi connectivity index (χ0v) is 18.7. The third kappa shape index (κ3) is 2.28. The van der Waals surface area contributed by atoms with Crippen molar-refractivity contribution in [1.82, 2.24) is 4.90 Å². The van der Waals surface area contributed by atoms with Crippen molar-refractivity contribution in [2.24, 2.45) is 11.8 Å². The first-order valence-corrected chi connectivity index (χ1v) is 11.6. The van der Waals surface area contributed by atoms with Crippen molar-refractivity contribution < 1.29 is 14.4 Å². The summed E-state index contributed by atoms with van der Waals surface area (Å²) in [7, 11) is 0. The smallest absolute Gasteiger partial charge is 0.250 e. The highest BCUT2D eigenvalue weighted by molar-refractivity contribution is 9.10. The number of benzene rings is 2. The lowest BCUT2D eigenvalue weighted by atomic mass is 9.75. The number of nitrogens with zero attached hydrogens (tertiary/aromatic N) is 2. The average Bonchev–Trinajstić information content (AvgIpc) is 3.46. The van der Waals surface area contributed by atoms with E-state index in [0.717, 1.165) is 47.1 Å². The van der Waals surface area contributed by atoms with Gasteiger partial charge in [0.1, 0.15) is 5.54 Å². The molecule has 6 nitrogen and oxygen atoms in total. The van der Waals surface area contributed by atoms with E-state index in [2.05, 4.69) is 39.1 Å². The average molecular weight is 480 g/mol. The Bertz CT molecular complexity index is 1160. The summed E-state index contributed by atoms with van der Waals surface area (Å²) in [5, 5.41) is 3.04. The van der Waals surface area contributed by atoms with Crippen molar-refractivity contribution in [1.29, 1.82) is 0 Å². The molecule has 4 aliphatic heterocycles. The summed E-state index contributed by atoms with van der Waals surface area (Å²) in [4.78, 5) is 44.7.